The van der Waals surface area contributed by atoms with Crippen molar-refractivity contribution in [2.75, 3.05) is 0 Å². The summed E-state index contributed by atoms with van der Waals surface area (Å²) in [6.45, 7) is 3.18. The first-order valence-corrected chi connectivity index (χ1v) is 6.78. The number of carbonyl (C=O) groups excluding carboxylic acids is 1. The molecule has 2 aromatic heterocycles. The molecular formula is C11H15BrN6O. The van der Waals surface area contributed by atoms with Crippen LogP contribution in [0.2, 0.25) is 0 Å². The number of carbonyl (C=O) groups is 1. The van der Waals surface area contributed by atoms with Crippen molar-refractivity contribution in [1.29, 1.82) is 0 Å². The Kier molecular flexibility index (Phi) is 4.43. The van der Waals surface area contributed by atoms with Crippen LogP contribution in [-0.2, 0) is 19.6 Å². The number of hydrogen-bond donors (Lipinski definition) is 1. The van der Waals surface area contributed by atoms with Crippen molar-refractivity contribution < 1.29 is 4.79 Å². The van der Waals surface area contributed by atoms with E-state index in [1.165, 1.54) is 4.68 Å². The van der Waals surface area contributed by atoms with Crippen molar-refractivity contribution in [1.82, 2.24) is 24.8 Å². The summed E-state index contributed by atoms with van der Waals surface area (Å²) in [5.41, 5.74) is 6.68. The van der Waals surface area contributed by atoms with Crippen molar-refractivity contribution in [2.45, 2.75) is 33.0 Å². The minimum absolute atomic E-state index is 0.0636. The van der Waals surface area contributed by atoms with Gasteiger partial charge in [0, 0.05) is 13.1 Å². The summed E-state index contributed by atoms with van der Waals surface area (Å²) in [6.07, 6.45) is 4.22. The van der Waals surface area contributed by atoms with Crippen LogP contribution in [0.4, 0.5) is 0 Å². The number of aryl methyl sites for hydroxylation is 1. The molecule has 102 valence electrons. The van der Waals surface area contributed by atoms with E-state index in [0.717, 1.165) is 6.42 Å². The standard InChI is InChI=1S/C11H15BrN6O/c1-2-3-18-11(9(12)5-14-18)10(19)7-17-6-8(4-13)15-16-17/h5-6H,2-4,7,13H2,1H3. The molecule has 2 heterocycles. The molecule has 0 saturated heterocycles. The number of nitrogens with zero attached hydrogens (tertiary/aromatic N) is 5. The maximum atomic E-state index is 12.3. The van der Waals surface area contributed by atoms with Crippen LogP contribution >= 0.6 is 15.9 Å². The third kappa shape index (κ3) is 3.07. The molecule has 0 amide bonds. The summed E-state index contributed by atoms with van der Waals surface area (Å²) in [6, 6.07) is 0. The molecule has 0 aliphatic rings. The van der Waals surface area contributed by atoms with E-state index in [1.54, 1.807) is 17.1 Å². The van der Waals surface area contributed by atoms with Gasteiger partial charge in [0.2, 0.25) is 5.78 Å². The van der Waals surface area contributed by atoms with Gasteiger partial charge in [0.15, 0.2) is 0 Å². The third-order valence-corrected chi connectivity index (χ3v) is 3.18. The van der Waals surface area contributed by atoms with E-state index in [4.69, 9.17) is 5.73 Å². The maximum Gasteiger partial charge on any atom is 0.203 e. The largest absolute Gasteiger partial charge is 0.325 e. The second kappa shape index (κ2) is 6.07. The van der Waals surface area contributed by atoms with Gasteiger partial charge in [-0.1, -0.05) is 12.1 Å². The van der Waals surface area contributed by atoms with E-state index in [0.29, 0.717) is 29.0 Å². The molecule has 0 unspecified atom stereocenters. The van der Waals surface area contributed by atoms with E-state index >= 15 is 0 Å². The zero-order chi connectivity index (χ0) is 13.8. The fourth-order valence-corrected chi connectivity index (χ4v) is 2.27. The highest BCUT2D eigenvalue weighted by atomic mass is 79.9. The lowest BCUT2D eigenvalue weighted by Crippen LogP contribution is -2.17. The van der Waals surface area contributed by atoms with Crippen LogP contribution in [0.1, 0.15) is 29.5 Å². The van der Waals surface area contributed by atoms with Crippen molar-refractivity contribution >= 4 is 21.7 Å². The van der Waals surface area contributed by atoms with E-state index in [1.807, 2.05) is 6.92 Å². The second-order valence-electron chi connectivity index (χ2n) is 4.10. The molecule has 0 fully saturated rings. The molecule has 0 atom stereocenters. The summed E-state index contributed by atoms with van der Waals surface area (Å²) in [5, 5.41) is 11.9. The first kappa shape index (κ1) is 13.9. The second-order valence-corrected chi connectivity index (χ2v) is 4.95. The molecule has 19 heavy (non-hydrogen) atoms. The first-order valence-electron chi connectivity index (χ1n) is 5.99. The lowest BCUT2D eigenvalue weighted by Gasteiger charge is -2.05. The number of halogens is 1. The van der Waals surface area contributed by atoms with Crippen LogP contribution in [0.15, 0.2) is 16.9 Å². The van der Waals surface area contributed by atoms with Gasteiger partial charge in [-0.2, -0.15) is 5.10 Å². The average Bonchev–Trinajstić information content (AvgIpc) is 2.97. The molecular weight excluding hydrogens is 312 g/mol. The van der Waals surface area contributed by atoms with Gasteiger partial charge in [0.1, 0.15) is 12.2 Å². The predicted octanol–water partition coefficient (Wildman–Crippen LogP) is 0.989. The first-order chi connectivity index (χ1) is 9.15. The van der Waals surface area contributed by atoms with Gasteiger partial charge in [-0.3, -0.25) is 9.48 Å². The molecule has 0 aromatic carbocycles. The molecule has 0 bridgehead atoms. The van der Waals surface area contributed by atoms with E-state index < -0.39 is 0 Å². The van der Waals surface area contributed by atoms with Crippen LogP contribution in [0, 0.1) is 0 Å². The van der Waals surface area contributed by atoms with Gasteiger partial charge in [-0.15, -0.1) is 5.10 Å². The topological polar surface area (TPSA) is 91.6 Å². The van der Waals surface area contributed by atoms with Gasteiger partial charge in [0.25, 0.3) is 0 Å². The van der Waals surface area contributed by atoms with Crippen LogP contribution in [0.3, 0.4) is 0 Å². The highest BCUT2D eigenvalue weighted by Crippen LogP contribution is 2.17. The summed E-state index contributed by atoms with van der Waals surface area (Å²) in [4.78, 5) is 12.3. The fraction of sp³-hybridized carbons (Fsp3) is 0.455. The van der Waals surface area contributed by atoms with Crippen molar-refractivity contribution in [2.24, 2.45) is 5.73 Å². The van der Waals surface area contributed by atoms with Crippen LogP contribution in [-0.4, -0.2) is 30.6 Å². The molecule has 7 nitrogen and oxygen atoms in total. The normalized spacial score (nSPS) is 10.9. The molecule has 0 aliphatic carbocycles. The van der Waals surface area contributed by atoms with Gasteiger partial charge in [-0.25, -0.2) is 4.68 Å². The van der Waals surface area contributed by atoms with E-state index in [-0.39, 0.29) is 12.3 Å². The Labute approximate surface area is 118 Å². The van der Waals surface area contributed by atoms with E-state index in [2.05, 4.69) is 31.3 Å². The summed E-state index contributed by atoms with van der Waals surface area (Å²) < 4.78 is 3.89. The fourth-order valence-electron chi connectivity index (χ4n) is 1.75. The molecule has 0 radical (unpaired) electrons. The number of nitrogens with two attached hydrogens (primary N) is 1. The Balaban J connectivity index is 2.17. The Hall–Kier alpha value is -1.54. The van der Waals surface area contributed by atoms with Crippen molar-refractivity contribution in [3.05, 3.63) is 28.3 Å². The summed E-state index contributed by atoms with van der Waals surface area (Å²) in [5.74, 6) is -0.0636. The number of Topliss-reactive ketones (excluding diaryl/α,β-unsaturated/α-hetero) is 1. The van der Waals surface area contributed by atoms with Gasteiger partial charge < -0.3 is 5.73 Å². The van der Waals surface area contributed by atoms with Crippen molar-refractivity contribution in [3.8, 4) is 0 Å². The molecule has 2 rings (SSSR count). The third-order valence-electron chi connectivity index (χ3n) is 2.60. The van der Waals surface area contributed by atoms with Crippen LogP contribution in [0.25, 0.3) is 0 Å². The van der Waals surface area contributed by atoms with Gasteiger partial charge >= 0.3 is 0 Å². The minimum atomic E-state index is -0.0636. The molecule has 2 N–H and O–H groups in total. The van der Waals surface area contributed by atoms with E-state index in [9.17, 15) is 4.79 Å². The molecule has 0 aliphatic heterocycles. The zero-order valence-electron chi connectivity index (χ0n) is 10.6. The lowest BCUT2D eigenvalue weighted by molar-refractivity contribution is 0.0955. The van der Waals surface area contributed by atoms with Crippen LogP contribution in [0.5, 0.6) is 0 Å². The summed E-state index contributed by atoms with van der Waals surface area (Å²) >= 11 is 3.35. The predicted molar refractivity (Wildman–Crippen MR) is 72.5 cm³/mol. The summed E-state index contributed by atoms with van der Waals surface area (Å²) in [7, 11) is 0. The molecule has 0 spiro atoms. The molecule has 8 heteroatoms. The number of ketones is 1. The minimum Gasteiger partial charge on any atom is -0.325 e. The highest BCUT2D eigenvalue weighted by Gasteiger charge is 2.17. The molecule has 0 saturated carbocycles. The average molecular weight is 327 g/mol. The quantitative estimate of drug-likeness (QED) is 0.799. The monoisotopic (exact) mass is 326 g/mol. The number of rotatable bonds is 6. The van der Waals surface area contributed by atoms with Gasteiger partial charge in [-0.05, 0) is 22.4 Å². The Morgan fingerprint density at radius 3 is 2.95 bits per heavy atom. The Bertz CT molecular complexity index is 576. The molecule has 2 aromatic rings. The SMILES string of the molecule is CCCn1ncc(Br)c1C(=O)Cn1cc(CN)nn1. The Morgan fingerprint density at radius 1 is 1.53 bits per heavy atom. The lowest BCUT2D eigenvalue weighted by atomic mass is 10.2. The highest BCUT2D eigenvalue weighted by molar-refractivity contribution is 9.10. The smallest absolute Gasteiger partial charge is 0.203 e. The number of hydrogen-bond acceptors (Lipinski definition) is 5. The Morgan fingerprint density at radius 2 is 2.32 bits per heavy atom. The van der Waals surface area contributed by atoms with Gasteiger partial charge in [0.05, 0.1) is 22.6 Å². The maximum absolute atomic E-state index is 12.3. The van der Waals surface area contributed by atoms with Crippen LogP contribution < -0.4 is 5.73 Å². The van der Waals surface area contributed by atoms with Crippen molar-refractivity contribution in [3.63, 3.8) is 0 Å². The number of aromatic nitrogens is 5. The zero-order valence-corrected chi connectivity index (χ0v) is 12.2.